The molecule has 104 valence electrons. The van der Waals surface area contributed by atoms with Crippen molar-refractivity contribution in [3.8, 4) is 0 Å². The van der Waals surface area contributed by atoms with Crippen LogP contribution in [0.25, 0.3) is 0 Å². The smallest absolute Gasteiger partial charge is 0.261 e. The first-order valence-corrected chi connectivity index (χ1v) is 6.79. The van der Waals surface area contributed by atoms with E-state index in [0.717, 1.165) is 4.47 Å². The van der Waals surface area contributed by atoms with Gasteiger partial charge in [-0.25, -0.2) is 4.39 Å². The highest BCUT2D eigenvalue weighted by Crippen LogP contribution is 2.27. The van der Waals surface area contributed by atoms with Gasteiger partial charge in [0.15, 0.2) is 0 Å². The highest BCUT2D eigenvalue weighted by Gasteiger charge is 2.19. The molecule has 0 fully saturated rings. The first kappa shape index (κ1) is 14.5. The summed E-state index contributed by atoms with van der Waals surface area (Å²) < 4.78 is 14.8. The maximum atomic E-state index is 14.0. The van der Waals surface area contributed by atoms with E-state index in [4.69, 9.17) is 5.73 Å². The van der Waals surface area contributed by atoms with Gasteiger partial charge in [0.25, 0.3) is 5.91 Å². The number of nitrogens with zero attached hydrogens (tertiary/aromatic N) is 1. The fraction of sp³-hybridized carbons (Fsp3) is 0.133. The second kappa shape index (κ2) is 5.63. The lowest BCUT2D eigenvalue weighted by Crippen LogP contribution is -2.28. The Morgan fingerprint density at radius 1 is 1.30 bits per heavy atom. The van der Waals surface area contributed by atoms with Gasteiger partial charge in [0.05, 0.1) is 16.9 Å². The second-order valence-electron chi connectivity index (χ2n) is 4.50. The van der Waals surface area contributed by atoms with Crippen molar-refractivity contribution in [2.75, 3.05) is 17.7 Å². The fourth-order valence-corrected chi connectivity index (χ4v) is 2.31. The molecule has 0 saturated heterocycles. The van der Waals surface area contributed by atoms with Crippen LogP contribution in [0.2, 0.25) is 0 Å². The van der Waals surface area contributed by atoms with Crippen molar-refractivity contribution in [1.82, 2.24) is 0 Å². The summed E-state index contributed by atoms with van der Waals surface area (Å²) in [7, 11) is 1.57. The summed E-state index contributed by atoms with van der Waals surface area (Å²) in [5.74, 6) is -0.930. The molecule has 20 heavy (non-hydrogen) atoms. The zero-order valence-corrected chi connectivity index (χ0v) is 12.7. The molecule has 2 rings (SSSR count). The SMILES string of the molecule is Cc1cccc(C(=O)N(C)c2ccc(Br)cc2N)c1F. The van der Waals surface area contributed by atoms with E-state index in [1.807, 2.05) is 0 Å². The highest BCUT2D eigenvalue weighted by molar-refractivity contribution is 9.10. The highest BCUT2D eigenvalue weighted by atomic mass is 79.9. The van der Waals surface area contributed by atoms with E-state index in [2.05, 4.69) is 15.9 Å². The van der Waals surface area contributed by atoms with Gasteiger partial charge in [0.1, 0.15) is 5.82 Å². The summed E-state index contributed by atoms with van der Waals surface area (Å²) in [6, 6.07) is 9.94. The average Bonchev–Trinajstić information content (AvgIpc) is 2.40. The number of halogens is 2. The molecule has 0 radical (unpaired) electrons. The Bertz CT molecular complexity index is 673. The molecule has 2 aromatic carbocycles. The molecule has 2 N–H and O–H groups in total. The van der Waals surface area contributed by atoms with Gasteiger partial charge in [-0.1, -0.05) is 28.1 Å². The quantitative estimate of drug-likeness (QED) is 0.849. The normalized spacial score (nSPS) is 10.4. The molecule has 3 nitrogen and oxygen atoms in total. The van der Waals surface area contributed by atoms with Gasteiger partial charge in [0, 0.05) is 11.5 Å². The number of hydrogen-bond donors (Lipinski definition) is 1. The van der Waals surface area contributed by atoms with E-state index in [1.165, 1.54) is 11.0 Å². The molecular formula is C15H14BrFN2O. The molecule has 0 aromatic heterocycles. The third-order valence-corrected chi connectivity index (χ3v) is 3.57. The minimum Gasteiger partial charge on any atom is -0.397 e. The Morgan fingerprint density at radius 2 is 2.00 bits per heavy atom. The standard InChI is InChI=1S/C15H14BrFN2O/c1-9-4-3-5-11(14(9)17)15(20)19(2)13-7-6-10(16)8-12(13)18/h3-8H,18H2,1-2H3. The predicted molar refractivity (Wildman–Crippen MR) is 82.4 cm³/mol. The molecule has 0 saturated carbocycles. The van der Waals surface area contributed by atoms with Crippen LogP contribution in [-0.2, 0) is 0 Å². The molecule has 2 aromatic rings. The molecular weight excluding hydrogens is 323 g/mol. The first-order chi connectivity index (χ1) is 9.41. The lowest BCUT2D eigenvalue weighted by atomic mass is 10.1. The minimum absolute atomic E-state index is 0.0369. The van der Waals surface area contributed by atoms with Crippen molar-refractivity contribution < 1.29 is 9.18 Å². The van der Waals surface area contributed by atoms with Gasteiger partial charge in [-0.3, -0.25) is 4.79 Å². The average molecular weight is 337 g/mol. The van der Waals surface area contributed by atoms with Crippen LogP contribution >= 0.6 is 15.9 Å². The summed E-state index contributed by atoms with van der Waals surface area (Å²) in [4.78, 5) is 13.7. The number of carbonyl (C=O) groups is 1. The number of anilines is 2. The van der Waals surface area contributed by atoms with Crippen molar-refractivity contribution in [2.24, 2.45) is 0 Å². The number of aryl methyl sites for hydroxylation is 1. The van der Waals surface area contributed by atoms with Crippen LogP contribution in [-0.4, -0.2) is 13.0 Å². The molecule has 1 amide bonds. The Hall–Kier alpha value is -1.88. The molecule has 0 unspecified atom stereocenters. The summed E-state index contributed by atoms with van der Waals surface area (Å²) in [5, 5.41) is 0. The fourth-order valence-electron chi connectivity index (χ4n) is 1.93. The maximum Gasteiger partial charge on any atom is 0.261 e. The van der Waals surface area contributed by atoms with Crippen LogP contribution < -0.4 is 10.6 Å². The molecule has 0 bridgehead atoms. The molecule has 0 aliphatic heterocycles. The lowest BCUT2D eigenvalue weighted by molar-refractivity contribution is 0.0989. The molecule has 0 aliphatic rings. The van der Waals surface area contributed by atoms with Crippen LogP contribution in [0.1, 0.15) is 15.9 Å². The van der Waals surface area contributed by atoms with Crippen molar-refractivity contribution >= 4 is 33.2 Å². The number of carbonyl (C=O) groups excluding carboxylic acids is 1. The van der Waals surface area contributed by atoms with Gasteiger partial charge < -0.3 is 10.6 Å². The number of nitrogens with two attached hydrogens (primary N) is 1. The zero-order chi connectivity index (χ0) is 14.9. The Morgan fingerprint density at radius 3 is 2.65 bits per heavy atom. The van der Waals surface area contributed by atoms with E-state index in [0.29, 0.717) is 16.9 Å². The first-order valence-electron chi connectivity index (χ1n) is 6.00. The Kier molecular flexibility index (Phi) is 4.09. The summed E-state index contributed by atoms with van der Waals surface area (Å²) in [6.07, 6.45) is 0. The second-order valence-corrected chi connectivity index (χ2v) is 5.42. The van der Waals surface area contributed by atoms with Crippen LogP contribution in [0.3, 0.4) is 0 Å². The number of hydrogen-bond acceptors (Lipinski definition) is 2. The van der Waals surface area contributed by atoms with E-state index >= 15 is 0 Å². The van der Waals surface area contributed by atoms with Crippen LogP contribution in [0.4, 0.5) is 15.8 Å². The molecule has 0 heterocycles. The van der Waals surface area contributed by atoms with Crippen LogP contribution in [0, 0.1) is 12.7 Å². The van der Waals surface area contributed by atoms with Crippen molar-refractivity contribution in [2.45, 2.75) is 6.92 Å². The maximum absolute atomic E-state index is 14.0. The summed E-state index contributed by atoms with van der Waals surface area (Å²) in [6.45, 7) is 1.63. The molecule has 0 spiro atoms. The van der Waals surface area contributed by atoms with Gasteiger partial charge in [-0.15, -0.1) is 0 Å². The van der Waals surface area contributed by atoms with Gasteiger partial charge in [-0.05, 0) is 36.8 Å². The molecule has 0 atom stereocenters. The number of nitrogen functional groups attached to an aromatic ring is 1. The Balaban J connectivity index is 2.40. The number of rotatable bonds is 2. The van der Waals surface area contributed by atoms with E-state index in [1.54, 1.807) is 44.3 Å². The molecule has 0 aliphatic carbocycles. The monoisotopic (exact) mass is 336 g/mol. The number of amides is 1. The van der Waals surface area contributed by atoms with E-state index in [9.17, 15) is 9.18 Å². The Labute approximate surface area is 125 Å². The lowest BCUT2D eigenvalue weighted by Gasteiger charge is -2.20. The zero-order valence-electron chi connectivity index (χ0n) is 11.2. The largest absolute Gasteiger partial charge is 0.397 e. The van der Waals surface area contributed by atoms with E-state index < -0.39 is 11.7 Å². The third kappa shape index (κ3) is 2.67. The van der Waals surface area contributed by atoms with Crippen molar-refractivity contribution in [3.63, 3.8) is 0 Å². The third-order valence-electron chi connectivity index (χ3n) is 3.08. The number of benzene rings is 2. The van der Waals surface area contributed by atoms with Crippen molar-refractivity contribution in [3.05, 3.63) is 57.8 Å². The van der Waals surface area contributed by atoms with Crippen LogP contribution in [0.15, 0.2) is 40.9 Å². The minimum atomic E-state index is -0.500. The molecule has 5 heteroatoms. The van der Waals surface area contributed by atoms with Crippen molar-refractivity contribution in [1.29, 1.82) is 0 Å². The predicted octanol–water partition coefficient (Wildman–Crippen LogP) is 3.76. The van der Waals surface area contributed by atoms with Gasteiger partial charge in [0.2, 0.25) is 0 Å². The topological polar surface area (TPSA) is 46.3 Å². The van der Waals surface area contributed by atoms with Crippen LogP contribution in [0.5, 0.6) is 0 Å². The van der Waals surface area contributed by atoms with E-state index in [-0.39, 0.29) is 5.56 Å². The van der Waals surface area contributed by atoms with Gasteiger partial charge >= 0.3 is 0 Å². The summed E-state index contributed by atoms with van der Waals surface area (Å²) >= 11 is 3.31. The van der Waals surface area contributed by atoms with Gasteiger partial charge in [-0.2, -0.15) is 0 Å². The summed E-state index contributed by atoms with van der Waals surface area (Å²) in [5.41, 5.74) is 7.35.